The van der Waals surface area contributed by atoms with Crippen LogP contribution in [0.25, 0.3) is 0 Å². The molecule has 1 aliphatic rings. The van der Waals surface area contributed by atoms with Gasteiger partial charge < -0.3 is 0 Å². The summed E-state index contributed by atoms with van der Waals surface area (Å²) in [7, 11) is 0. The van der Waals surface area contributed by atoms with Crippen LogP contribution >= 0.6 is 0 Å². The van der Waals surface area contributed by atoms with Crippen molar-refractivity contribution in [1.82, 2.24) is 0 Å². The number of ketones is 1. The van der Waals surface area contributed by atoms with Crippen molar-refractivity contribution in [3.05, 3.63) is 34.9 Å². The number of rotatable bonds is 5. The fraction of sp³-hybridized carbons (Fsp3) is 0.632. The van der Waals surface area contributed by atoms with Crippen LogP contribution in [-0.4, -0.2) is 5.78 Å². The average Bonchev–Trinajstić information content (AvgIpc) is 2.38. The van der Waals surface area contributed by atoms with Crippen LogP contribution in [-0.2, 0) is 11.2 Å². The fourth-order valence-corrected chi connectivity index (χ4v) is 3.70. The highest BCUT2D eigenvalue weighted by molar-refractivity contribution is 5.83. The van der Waals surface area contributed by atoms with E-state index in [1.807, 2.05) is 0 Å². The molecule has 1 heteroatoms. The van der Waals surface area contributed by atoms with Crippen molar-refractivity contribution in [2.75, 3.05) is 0 Å². The number of hydrogen-bond donors (Lipinski definition) is 0. The zero-order valence-corrected chi connectivity index (χ0v) is 13.2. The van der Waals surface area contributed by atoms with Crippen LogP contribution in [0.4, 0.5) is 0 Å². The van der Waals surface area contributed by atoms with Crippen molar-refractivity contribution >= 4 is 5.78 Å². The highest BCUT2D eigenvalue weighted by Crippen LogP contribution is 2.32. The van der Waals surface area contributed by atoms with E-state index >= 15 is 0 Å². The molecule has 0 radical (unpaired) electrons. The van der Waals surface area contributed by atoms with Gasteiger partial charge in [-0.3, -0.25) is 4.79 Å². The topological polar surface area (TPSA) is 17.1 Å². The summed E-state index contributed by atoms with van der Waals surface area (Å²) in [5.74, 6) is 1.67. The van der Waals surface area contributed by atoms with Gasteiger partial charge in [-0.25, -0.2) is 0 Å². The molecule has 1 aliphatic carbocycles. The molecule has 0 spiro atoms. The van der Waals surface area contributed by atoms with Crippen molar-refractivity contribution in [3.63, 3.8) is 0 Å². The maximum Gasteiger partial charge on any atom is 0.140 e. The van der Waals surface area contributed by atoms with Crippen LogP contribution in [0.2, 0.25) is 0 Å². The minimum atomic E-state index is 0.323. The Morgan fingerprint density at radius 3 is 2.20 bits per heavy atom. The molecule has 1 saturated carbocycles. The Bertz CT molecular complexity index is 433. The quantitative estimate of drug-likeness (QED) is 0.735. The second kappa shape index (κ2) is 7.06. The number of aryl methyl sites for hydroxylation is 2. The van der Waals surface area contributed by atoms with Gasteiger partial charge in [0.25, 0.3) is 0 Å². The summed E-state index contributed by atoms with van der Waals surface area (Å²) in [5, 5.41) is 0. The van der Waals surface area contributed by atoms with Crippen LogP contribution in [0.3, 0.4) is 0 Å². The van der Waals surface area contributed by atoms with Crippen LogP contribution < -0.4 is 0 Å². The SMILES string of the molecule is CCCC1CCC(C(=O)Cc2cc(C)cc(C)c2)CC1. The van der Waals surface area contributed by atoms with Crippen molar-refractivity contribution in [1.29, 1.82) is 0 Å². The van der Waals surface area contributed by atoms with Gasteiger partial charge in [0.2, 0.25) is 0 Å². The molecule has 20 heavy (non-hydrogen) atoms. The molecular weight excluding hydrogens is 244 g/mol. The summed E-state index contributed by atoms with van der Waals surface area (Å²) in [5.41, 5.74) is 3.72. The van der Waals surface area contributed by atoms with E-state index in [-0.39, 0.29) is 0 Å². The maximum absolute atomic E-state index is 12.5. The summed E-state index contributed by atoms with van der Waals surface area (Å²) in [6.45, 7) is 6.48. The van der Waals surface area contributed by atoms with E-state index in [2.05, 4.69) is 39.0 Å². The number of carbonyl (C=O) groups excluding carboxylic acids is 1. The van der Waals surface area contributed by atoms with Crippen molar-refractivity contribution in [3.8, 4) is 0 Å². The molecular formula is C19H28O. The van der Waals surface area contributed by atoms with Crippen molar-refractivity contribution in [2.24, 2.45) is 11.8 Å². The van der Waals surface area contributed by atoms with Gasteiger partial charge in [-0.15, -0.1) is 0 Å². The summed E-state index contributed by atoms with van der Waals surface area (Å²) >= 11 is 0. The fourth-order valence-electron chi connectivity index (χ4n) is 3.70. The lowest BCUT2D eigenvalue weighted by atomic mass is 9.77. The lowest BCUT2D eigenvalue weighted by molar-refractivity contribution is -0.123. The molecule has 0 N–H and O–H groups in total. The monoisotopic (exact) mass is 272 g/mol. The first kappa shape index (κ1) is 15.3. The predicted molar refractivity (Wildman–Crippen MR) is 85.0 cm³/mol. The largest absolute Gasteiger partial charge is 0.299 e. The summed E-state index contributed by atoms with van der Waals surface area (Å²) < 4.78 is 0. The summed E-state index contributed by atoms with van der Waals surface area (Å²) in [4.78, 5) is 12.5. The van der Waals surface area contributed by atoms with Gasteiger partial charge in [-0.05, 0) is 51.0 Å². The standard InChI is InChI=1S/C19H28O/c1-4-5-16-6-8-18(9-7-16)19(20)13-17-11-14(2)10-15(3)12-17/h10-12,16,18H,4-9,13H2,1-3H3. The normalized spacial score (nSPS) is 22.8. The minimum absolute atomic E-state index is 0.323. The van der Waals surface area contributed by atoms with E-state index in [1.54, 1.807) is 0 Å². The Kier molecular flexibility index (Phi) is 5.39. The van der Waals surface area contributed by atoms with Gasteiger partial charge in [-0.1, -0.05) is 49.1 Å². The highest BCUT2D eigenvalue weighted by Gasteiger charge is 2.25. The van der Waals surface area contributed by atoms with E-state index in [0.717, 1.165) is 18.8 Å². The summed E-state index contributed by atoms with van der Waals surface area (Å²) in [6, 6.07) is 6.49. The molecule has 1 fully saturated rings. The molecule has 0 aliphatic heterocycles. The molecule has 2 rings (SSSR count). The molecule has 110 valence electrons. The van der Waals surface area contributed by atoms with Gasteiger partial charge in [-0.2, -0.15) is 0 Å². The second-order valence-electron chi connectivity index (χ2n) is 6.65. The maximum atomic E-state index is 12.5. The molecule has 0 amide bonds. The van der Waals surface area contributed by atoms with Crippen LogP contribution in [0, 0.1) is 25.7 Å². The number of carbonyl (C=O) groups is 1. The van der Waals surface area contributed by atoms with E-state index in [9.17, 15) is 4.79 Å². The van der Waals surface area contributed by atoms with Crippen LogP contribution in [0.1, 0.15) is 62.1 Å². The Morgan fingerprint density at radius 1 is 1.05 bits per heavy atom. The molecule has 0 heterocycles. The molecule has 0 aromatic heterocycles. The molecule has 0 saturated heterocycles. The zero-order valence-electron chi connectivity index (χ0n) is 13.2. The van der Waals surface area contributed by atoms with Gasteiger partial charge in [0.05, 0.1) is 0 Å². The second-order valence-corrected chi connectivity index (χ2v) is 6.65. The summed E-state index contributed by atoms with van der Waals surface area (Å²) in [6.07, 6.45) is 8.02. The lowest BCUT2D eigenvalue weighted by Crippen LogP contribution is -2.23. The highest BCUT2D eigenvalue weighted by atomic mass is 16.1. The Balaban J connectivity index is 1.89. The third-order valence-corrected chi connectivity index (χ3v) is 4.66. The molecule has 1 aromatic carbocycles. The predicted octanol–water partition coefficient (Wildman–Crippen LogP) is 5.02. The van der Waals surface area contributed by atoms with Crippen molar-refractivity contribution in [2.45, 2.75) is 65.7 Å². The van der Waals surface area contributed by atoms with Crippen molar-refractivity contribution < 1.29 is 4.79 Å². The van der Waals surface area contributed by atoms with Crippen LogP contribution in [0.15, 0.2) is 18.2 Å². The van der Waals surface area contributed by atoms with E-state index in [1.165, 1.54) is 42.4 Å². The third-order valence-electron chi connectivity index (χ3n) is 4.66. The van der Waals surface area contributed by atoms with E-state index in [4.69, 9.17) is 0 Å². The Hall–Kier alpha value is -1.11. The molecule has 1 aromatic rings. The molecule has 0 atom stereocenters. The smallest absolute Gasteiger partial charge is 0.140 e. The lowest BCUT2D eigenvalue weighted by Gasteiger charge is -2.27. The van der Waals surface area contributed by atoms with E-state index < -0.39 is 0 Å². The van der Waals surface area contributed by atoms with Gasteiger partial charge >= 0.3 is 0 Å². The zero-order chi connectivity index (χ0) is 14.5. The third kappa shape index (κ3) is 4.19. The van der Waals surface area contributed by atoms with Gasteiger partial charge in [0.1, 0.15) is 5.78 Å². The average molecular weight is 272 g/mol. The first-order valence-corrected chi connectivity index (χ1v) is 8.18. The number of Topliss-reactive ketones (excluding diaryl/α,β-unsaturated/α-hetero) is 1. The number of benzene rings is 1. The van der Waals surface area contributed by atoms with Crippen LogP contribution in [0.5, 0.6) is 0 Å². The first-order chi connectivity index (χ1) is 9.58. The Morgan fingerprint density at radius 2 is 1.65 bits per heavy atom. The van der Waals surface area contributed by atoms with Gasteiger partial charge in [0, 0.05) is 12.3 Å². The molecule has 1 nitrogen and oxygen atoms in total. The molecule has 0 bridgehead atoms. The van der Waals surface area contributed by atoms with Gasteiger partial charge in [0.15, 0.2) is 0 Å². The Labute approximate surface area is 123 Å². The molecule has 0 unspecified atom stereocenters. The van der Waals surface area contributed by atoms with E-state index in [0.29, 0.717) is 18.1 Å². The number of hydrogen-bond acceptors (Lipinski definition) is 1. The first-order valence-electron chi connectivity index (χ1n) is 8.18. The minimum Gasteiger partial charge on any atom is -0.299 e.